The van der Waals surface area contributed by atoms with E-state index in [9.17, 15) is 0 Å². The van der Waals surface area contributed by atoms with Gasteiger partial charge in [0.05, 0.1) is 26.9 Å². The molecule has 0 aliphatic heterocycles. The maximum atomic E-state index is 2.30. The molecular weight excluding hydrogens is 411 g/mol. The van der Waals surface area contributed by atoms with Gasteiger partial charge < -0.3 is 0 Å². The molecule has 0 heterocycles. The second kappa shape index (κ2) is 14.5. The molecule has 3 rings (SSSR count). The Morgan fingerprint density at radius 3 is 1.26 bits per heavy atom. The molecule has 166 valence electrons. The Hall–Kier alpha value is -1.58. The highest BCUT2D eigenvalue weighted by Gasteiger charge is 2.28. The van der Waals surface area contributed by atoms with Gasteiger partial charge >= 0.3 is 0 Å². The average Bonchev–Trinajstić information content (AvgIpc) is 2.85. The largest absolute Gasteiger partial charge is 0.200 e. The van der Waals surface area contributed by atoms with Crippen molar-refractivity contribution in [2.75, 3.05) is 17.3 Å². The van der Waals surface area contributed by atoms with E-state index in [4.69, 9.17) is 0 Å². The van der Waals surface area contributed by atoms with Crippen LogP contribution in [0.15, 0.2) is 91.0 Å². The molecule has 3 heteroatoms. The Balaban J connectivity index is 0.000000366. The molecule has 0 aliphatic rings. The van der Waals surface area contributed by atoms with Gasteiger partial charge in [0.15, 0.2) is 0 Å². The lowest BCUT2D eigenvalue weighted by atomic mass is 9.14. The minimum Gasteiger partial charge on any atom is -0.200 e. The van der Waals surface area contributed by atoms with Crippen molar-refractivity contribution in [2.24, 2.45) is 0 Å². The van der Waals surface area contributed by atoms with Crippen LogP contribution in [0, 0.1) is 0 Å². The summed E-state index contributed by atoms with van der Waals surface area (Å²) < 4.78 is 0. The van der Waals surface area contributed by atoms with E-state index in [2.05, 4.69) is 129 Å². The Morgan fingerprint density at radius 2 is 1.00 bits per heavy atom. The molecule has 0 spiro atoms. The minimum absolute atomic E-state index is 0.678. The summed E-state index contributed by atoms with van der Waals surface area (Å²) in [6, 6.07) is 33.2. The molecule has 0 N–H and O–H groups in total. The van der Waals surface area contributed by atoms with Crippen LogP contribution < -0.4 is 16.4 Å². The fourth-order valence-electron chi connectivity index (χ4n) is 4.47. The average molecular weight is 451 g/mol. The predicted octanol–water partition coefficient (Wildman–Crippen LogP) is 6.27. The second-order valence-corrected chi connectivity index (χ2v) is 12.8. The quantitative estimate of drug-likeness (QED) is 0.199. The number of hydrogen-bond acceptors (Lipinski definition) is 1. The summed E-state index contributed by atoms with van der Waals surface area (Å²) in [5.74, 6) is 3.99. The third-order valence-electron chi connectivity index (χ3n) is 6.02. The first-order chi connectivity index (χ1) is 15.2. The topological polar surface area (TPSA) is 0 Å². The molecule has 0 aliphatic carbocycles. The van der Waals surface area contributed by atoms with Crippen molar-refractivity contribution in [3.63, 3.8) is 0 Å². The molecule has 0 nitrogen and oxygen atoms in total. The van der Waals surface area contributed by atoms with Crippen LogP contribution in [0.2, 0.25) is 6.32 Å². The van der Waals surface area contributed by atoms with Crippen LogP contribution in [0.5, 0.6) is 0 Å². The number of rotatable bonds is 10. The first-order valence-corrected chi connectivity index (χ1v) is 14.9. The van der Waals surface area contributed by atoms with Crippen molar-refractivity contribution < 1.29 is 0 Å². The summed E-state index contributed by atoms with van der Waals surface area (Å²) in [6.07, 6.45) is 2.73. The van der Waals surface area contributed by atoms with E-state index in [0.29, 0.717) is 9.93 Å². The van der Waals surface area contributed by atoms with Crippen molar-refractivity contribution in [2.45, 2.75) is 46.9 Å². The van der Waals surface area contributed by atoms with Gasteiger partial charge in [-0.05, 0) is 13.8 Å². The summed E-state index contributed by atoms with van der Waals surface area (Å²) in [6.45, 7) is 9.06. The SMILES string of the molecule is CCCC[B-](c1ccccc1)(c1ccccc1)c1ccccc1.CCS[S+](CC)CC. The lowest BCUT2D eigenvalue weighted by Crippen LogP contribution is -2.66. The highest BCUT2D eigenvalue weighted by atomic mass is 33.1. The molecule has 0 saturated heterocycles. The van der Waals surface area contributed by atoms with Crippen LogP contribution in [-0.2, 0) is 9.93 Å². The summed E-state index contributed by atoms with van der Waals surface area (Å²) >= 11 is 0. The Labute approximate surface area is 197 Å². The Kier molecular flexibility index (Phi) is 12.0. The maximum absolute atomic E-state index is 2.30. The standard InChI is InChI=1S/C22H24B.C6H15S2/c1-2-3-19-23(20-13-7-4-8-14-20,21-15-9-5-10-16-21)22-17-11-6-12-18-22;1-4-7-8(5-2)6-3/h4-18H,2-3,19H2,1H3;4-6H2,1-3H3/q-1;+1. The van der Waals surface area contributed by atoms with Crippen LogP contribution in [0.25, 0.3) is 0 Å². The first-order valence-electron chi connectivity index (χ1n) is 11.9. The number of hydrogen-bond donors (Lipinski definition) is 0. The van der Waals surface area contributed by atoms with Gasteiger partial charge in [-0.15, -0.1) is 0 Å². The molecule has 0 bridgehead atoms. The third kappa shape index (κ3) is 7.22. The molecule has 3 aromatic carbocycles. The van der Waals surface area contributed by atoms with Crippen molar-refractivity contribution in [3.8, 4) is 0 Å². The monoisotopic (exact) mass is 450 g/mol. The highest BCUT2D eigenvalue weighted by molar-refractivity contribution is 8.74. The summed E-state index contributed by atoms with van der Waals surface area (Å²) in [5.41, 5.74) is 4.33. The molecule has 0 saturated carbocycles. The second-order valence-electron chi connectivity index (χ2n) is 7.84. The van der Waals surface area contributed by atoms with Crippen LogP contribution in [0.4, 0.5) is 0 Å². The van der Waals surface area contributed by atoms with Crippen molar-refractivity contribution >= 4 is 43.3 Å². The van der Waals surface area contributed by atoms with Gasteiger partial charge in [-0.1, -0.05) is 118 Å². The lowest BCUT2D eigenvalue weighted by Gasteiger charge is -2.43. The van der Waals surface area contributed by atoms with E-state index in [1.165, 1.54) is 52.8 Å². The van der Waals surface area contributed by atoms with E-state index >= 15 is 0 Å². The summed E-state index contributed by atoms with van der Waals surface area (Å²) in [5, 5.41) is 0. The molecule has 0 fully saturated rings. The molecule has 31 heavy (non-hydrogen) atoms. The van der Waals surface area contributed by atoms with Gasteiger partial charge in [-0.2, -0.15) is 22.7 Å². The van der Waals surface area contributed by atoms with Crippen molar-refractivity contribution in [3.05, 3.63) is 91.0 Å². The van der Waals surface area contributed by atoms with E-state index in [1.807, 2.05) is 0 Å². The van der Waals surface area contributed by atoms with Gasteiger partial charge in [0.25, 0.3) is 0 Å². The molecule has 0 unspecified atom stereocenters. The molecule has 0 aromatic heterocycles. The maximum Gasteiger partial charge on any atom is 0.117 e. The Morgan fingerprint density at radius 1 is 0.613 bits per heavy atom. The van der Waals surface area contributed by atoms with Crippen molar-refractivity contribution in [1.82, 2.24) is 0 Å². The van der Waals surface area contributed by atoms with E-state index in [-0.39, 0.29) is 0 Å². The van der Waals surface area contributed by atoms with Crippen LogP contribution in [-0.4, -0.2) is 23.4 Å². The minimum atomic E-state index is -0.913. The number of benzene rings is 3. The summed E-state index contributed by atoms with van der Waals surface area (Å²) in [7, 11) is 2.78. The van der Waals surface area contributed by atoms with Crippen LogP contribution in [0.1, 0.15) is 40.5 Å². The zero-order valence-corrected chi connectivity index (χ0v) is 21.4. The van der Waals surface area contributed by atoms with E-state index in [0.717, 1.165) is 0 Å². The fourth-order valence-corrected chi connectivity index (χ4v) is 7.54. The van der Waals surface area contributed by atoms with Gasteiger partial charge in [0, 0.05) is 5.75 Å². The lowest BCUT2D eigenvalue weighted by molar-refractivity contribution is 0.874. The van der Waals surface area contributed by atoms with Gasteiger partial charge in [0.2, 0.25) is 0 Å². The van der Waals surface area contributed by atoms with Gasteiger partial charge in [-0.25, -0.2) is 0 Å². The van der Waals surface area contributed by atoms with Gasteiger partial charge in [-0.3, -0.25) is 0 Å². The molecular formula is C28H39BS2. The van der Waals surface area contributed by atoms with Crippen molar-refractivity contribution in [1.29, 1.82) is 0 Å². The van der Waals surface area contributed by atoms with Crippen LogP contribution in [0.3, 0.4) is 0 Å². The molecule has 3 aromatic rings. The third-order valence-corrected chi connectivity index (χ3v) is 11.0. The number of unbranched alkanes of at least 4 members (excludes halogenated alkanes) is 1. The Bertz CT molecular complexity index is 721. The molecule has 0 radical (unpaired) electrons. The normalized spacial score (nSPS) is 11.1. The highest BCUT2D eigenvalue weighted by Crippen LogP contribution is 2.16. The zero-order chi connectivity index (χ0) is 22.4. The first kappa shape index (κ1) is 25.7. The van der Waals surface area contributed by atoms with E-state index in [1.54, 1.807) is 0 Å². The van der Waals surface area contributed by atoms with E-state index < -0.39 is 6.15 Å². The fraction of sp³-hybridized carbons (Fsp3) is 0.357. The molecule has 0 amide bonds. The van der Waals surface area contributed by atoms with Crippen LogP contribution >= 0.6 is 10.8 Å². The zero-order valence-electron chi connectivity index (χ0n) is 19.8. The van der Waals surface area contributed by atoms with Gasteiger partial charge in [0.1, 0.15) is 11.5 Å². The summed E-state index contributed by atoms with van der Waals surface area (Å²) in [4.78, 5) is 0. The predicted molar refractivity (Wildman–Crippen MR) is 150 cm³/mol. The smallest absolute Gasteiger partial charge is 0.117 e. The molecule has 0 atom stereocenters.